The maximum absolute atomic E-state index is 9.30. The van der Waals surface area contributed by atoms with Gasteiger partial charge in [-0.25, -0.2) is 0 Å². The number of phenolic OH excluding ortho intramolecular Hbond substituents is 1. The van der Waals surface area contributed by atoms with Crippen molar-refractivity contribution in [2.24, 2.45) is 0 Å². The lowest BCUT2D eigenvalue weighted by molar-refractivity contribution is 0.429. The Kier molecular flexibility index (Phi) is 2.35. The summed E-state index contributed by atoms with van der Waals surface area (Å²) in [5.74, 6) is 2.26. The molecule has 1 aliphatic rings. The van der Waals surface area contributed by atoms with E-state index in [9.17, 15) is 5.11 Å². The Morgan fingerprint density at radius 2 is 2.00 bits per heavy atom. The highest BCUT2D eigenvalue weighted by atomic mass is 16.3. The van der Waals surface area contributed by atoms with Crippen LogP contribution in [0.25, 0.3) is 11.4 Å². The van der Waals surface area contributed by atoms with Gasteiger partial charge in [-0.05, 0) is 44.0 Å². The van der Waals surface area contributed by atoms with Crippen LogP contribution in [-0.4, -0.2) is 19.9 Å². The van der Waals surface area contributed by atoms with Gasteiger partial charge in [-0.15, -0.1) is 10.2 Å². The monoisotopic (exact) mass is 229 g/mol. The average molecular weight is 229 g/mol. The minimum absolute atomic E-state index is 0.278. The van der Waals surface area contributed by atoms with Crippen molar-refractivity contribution in [1.29, 1.82) is 0 Å². The summed E-state index contributed by atoms with van der Waals surface area (Å²) in [5.41, 5.74) is 1.01. The zero-order valence-electron chi connectivity index (χ0n) is 9.80. The molecule has 1 aromatic heterocycles. The summed E-state index contributed by atoms with van der Waals surface area (Å²) >= 11 is 0. The van der Waals surface area contributed by atoms with Gasteiger partial charge in [0.2, 0.25) is 0 Å². The van der Waals surface area contributed by atoms with Crippen LogP contribution in [-0.2, 0) is 6.42 Å². The van der Waals surface area contributed by atoms with Crippen molar-refractivity contribution in [3.8, 4) is 17.1 Å². The van der Waals surface area contributed by atoms with Crippen molar-refractivity contribution >= 4 is 0 Å². The first-order valence-electron chi connectivity index (χ1n) is 5.99. The minimum Gasteiger partial charge on any atom is -0.508 e. The average Bonchev–Trinajstić information content (AvgIpc) is 2.75. The Labute approximate surface area is 99.9 Å². The summed E-state index contributed by atoms with van der Waals surface area (Å²) in [6.07, 6.45) is 3.38. The fraction of sp³-hybridized carbons (Fsp3) is 0.385. The van der Waals surface area contributed by atoms with Crippen LogP contribution < -0.4 is 0 Å². The molecular weight excluding hydrogens is 214 g/mol. The number of fused-ring (bicyclic) bond motifs is 1. The Balaban J connectivity index is 2.09. The van der Waals surface area contributed by atoms with E-state index in [0.29, 0.717) is 6.04 Å². The summed E-state index contributed by atoms with van der Waals surface area (Å²) in [6.45, 7) is 2.20. The highest BCUT2D eigenvalue weighted by molar-refractivity contribution is 5.56. The summed E-state index contributed by atoms with van der Waals surface area (Å²) in [5, 5.41) is 17.8. The molecule has 0 fully saturated rings. The predicted molar refractivity (Wildman–Crippen MR) is 64.8 cm³/mol. The van der Waals surface area contributed by atoms with E-state index in [0.717, 1.165) is 23.6 Å². The summed E-state index contributed by atoms with van der Waals surface area (Å²) in [6, 6.07) is 7.59. The molecule has 0 radical (unpaired) electrons. The molecule has 0 bridgehead atoms. The molecule has 1 N–H and O–H groups in total. The number of phenols is 1. The van der Waals surface area contributed by atoms with Crippen LogP contribution in [0.3, 0.4) is 0 Å². The number of hydrogen-bond acceptors (Lipinski definition) is 3. The largest absolute Gasteiger partial charge is 0.508 e. The van der Waals surface area contributed by atoms with Crippen LogP contribution in [0, 0.1) is 0 Å². The van der Waals surface area contributed by atoms with E-state index in [2.05, 4.69) is 21.7 Å². The van der Waals surface area contributed by atoms with E-state index in [4.69, 9.17) is 0 Å². The molecular formula is C13H15N3O. The number of nitrogens with zero attached hydrogens (tertiary/aromatic N) is 3. The van der Waals surface area contributed by atoms with Gasteiger partial charge in [0.1, 0.15) is 11.6 Å². The van der Waals surface area contributed by atoms with Crippen LogP contribution >= 0.6 is 0 Å². The van der Waals surface area contributed by atoms with Crippen LogP contribution in [0.15, 0.2) is 24.3 Å². The molecule has 2 aromatic rings. The quantitative estimate of drug-likeness (QED) is 0.817. The highest BCUT2D eigenvalue weighted by Crippen LogP contribution is 2.30. The lowest BCUT2D eigenvalue weighted by atomic mass is 10.1. The van der Waals surface area contributed by atoms with E-state index in [1.807, 2.05) is 12.1 Å². The van der Waals surface area contributed by atoms with E-state index in [-0.39, 0.29) is 5.75 Å². The number of aryl methyl sites for hydroxylation is 1. The number of rotatable bonds is 1. The number of aromatic hydroxyl groups is 1. The Morgan fingerprint density at radius 1 is 1.24 bits per heavy atom. The van der Waals surface area contributed by atoms with E-state index in [1.54, 1.807) is 12.1 Å². The van der Waals surface area contributed by atoms with Crippen molar-refractivity contribution in [2.75, 3.05) is 0 Å². The summed E-state index contributed by atoms with van der Waals surface area (Å²) in [4.78, 5) is 0. The van der Waals surface area contributed by atoms with Crippen molar-refractivity contribution in [1.82, 2.24) is 14.8 Å². The Bertz CT molecular complexity index is 530. The molecule has 3 rings (SSSR count). The molecule has 4 nitrogen and oxygen atoms in total. The smallest absolute Gasteiger partial charge is 0.164 e. The van der Waals surface area contributed by atoms with Gasteiger partial charge in [-0.1, -0.05) is 0 Å². The van der Waals surface area contributed by atoms with Crippen molar-refractivity contribution in [2.45, 2.75) is 32.2 Å². The summed E-state index contributed by atoms with van der Waals surface area (Å²) in [7, 11) is 0. The maximum atomic E-state index is 9.30. The SMILES string of the molecule is CC1CCCc2nnc(-c3ccc(O)cc3)n21. The maximum Gasteiger partial charge on any atom is 0.164 e. The Hall–Kier alpha value is -1.84. The van der Waals surface area contributed by atoms with Gasteiger partial charge in [0, 0.05) is 18.0 Å². The Morgan fingerprint density at radius 3 is 2.76 bits per heavy atom. The highest BCUT2D eigenvalue weighted by Gasteiger charge is 2.21. The molecule has 0 amide bonds. The van der Waals surface area contributed by atoms with Crippen LogP contribution in [0.4, 0.5) is 0 Å². The molecule has 1 aliphatic heterocycles. The van der Waals surface area contributed by atoms with E-state index in [1.165, 1.54) is 12.8 Å². The third kappa shape index (κ3) is 1.69. The second kappa shape index (κ2) is 3.87. The molecule has 0 spiro atoms. The third-order valence-corrected chi connectivity index (χ3v) is 3.35. The number of hydrogen-bond donors (Lipinski definition) is 1. The van der Waals surface area contributed by atoms with E-state index >= 15 is 0 Å². The van der Waals surface area contributed by atoms with Gasteiger partial charge in [0.25, 0.3) is 0 Å². The van der Waals surface area contributed by atoms with Gasteiger partial charge in [-0.2, -0.15) is 0 Å². The van der Waals surface area contributed by atoms with Gasteiger partial charge >= 0.3 is 0 Å². The van der Waals surface area contributed by atoms with Gasteiger partial charge in [0.05, 0.1) is 0 Å². The first-order valence-corrected chi connectivity index (χ1v) is 5.99. The van der Waals surface area contributed by atoms with Gasteiger partial charge < -0.3 is 9.67 Å². The number of aromatic nitrogens is 3. The zero-order chi connectivity index (χ0) is 11.8. The fourth-order valence-corrected chi connectivity index (χ4v) is 2.45. The molecule has 1 aromatic carbocycles. The van der Waals surface area contributed by atoms with Crippen molar-refractivity contribution in [3.05, 3.63) is 30.1 Å². The van der Waals surface area contributed by atoms with Crippen LogP contribution in [0.1, 0.15) is 31.6 Å². The second-order valence-corrected chi connectivity index (χ2v) is 4.60. The third-order valence-electron chi connectivity index (χ3n) is 3.35. The first-order chi connectivity index (χ1) is 8.25. The van der Waals surface area contributed by atoms with Crippen molar-refractivity contribution < 1.29 is 5.11 Å². The standard InChI is InChI=1S/C13H15N3O/c1-9-3-2-4-12-14-15-13(16(9)12)10-5-7-11(17)8-6-10/h5-9,17H,2-4H2,1H3. The molecule has 0 aliphatic carbocycles. The molecule has 4 heteroatoms. The molecule has 2 heterocycles. The molecule has 1 atom stereocenters. The fourth-order valence-electron chi connectivity index (χ4n) is 2.45. The molecule has 0 saturated carbocycles. The molecule has 17 heavy (non-hydrogen) atoms. The zero-order valence-corrected chi connectivity index (χ0v) is 9.80. The van der Waals surface area contributed by atoms with Crippen molar-refractivity contribution in [3.63, 3.8) is 0 Å². The van der Waals surface area contributed by atoms with Crippen LogP contribution in [0.2, 0.25) is 0 Å². The van der Waals surface area contributed by atoms with E-state index < -0.39 is 0 Å². The molecule has 1 unspecified atom stereocenters. The molecule has 88 valence electrons. The van der Waals surface area contributed by atoms with Crippen LogP contribution in [0.5, 0.6) is 5.75 Å². The number of benzene rings is 1. The molecule has 0 saturated heterocycles. The lowest BCUT2D eigenvalue weighted by Gasteiger charge is -2.22. The minimum atomic E-state index is 0.278. The normalized spacial score (nSPS) is 19.0. The second-order valence-electron chi connectivity index (χ2n) is 4.60. The van der Waals surface area contributed by atoms with Gasteiger partial charge in [0.15, 0.2) is 5.82 Å². The topological polar surface area (TPSA) is 50.9 Å². The predicted octanol–water partition coefficient (Wildman–Crippen LogP) is 2.55. The first kappa shape index (κ1) is 10.3. The van der Waals surface area contributed by atoms with Gasteiger partial charge in [-0.3, -0.25) is 0 Å². The summed E-state index contributed by atoms with van der Waals surface area (Å²) < 4.78 is 2.22. The lowest BCUT2D eigenvalue weighted by Crippen LogP contribution is -2.16.